The molecule has 158 valence electrons. The zero-order valence-electron chi connectivity index (χ0n) is 18.0. The first kappa shape index (κ1) is 21.8. The lowest BCUT2D eigenvalue weighted by atomic mass is 9.79. The molecule has 29 heavy (non-hydrogen) atoms. The fourth-order valence-corrected chi connectivity index (χ4v) is 4.53. The van der Waals surface area contributed by atoms with Gasteiger partial charge in [0.25, 0.3) is 0 Å². The second kappa shape index (κ2) is 10.8. The number of aliphatic hydroxyl groups is 1. The van der Waals surface area contributed by atoms with Gasteiger partial charge in [0, 0.05) is 31.1 Å². The van der Waals surface area contributed by atoms with Gasteiger partial charge in [0.1, 0.15) is 5.75 Å². The lowest BCUT2D eigenvalue weighted by Gasteiger charge is -2.40. The first-order valence-electron chi connectivity index (χ1n) is 10.9. The van der Waals surface area contributed by atoms with Gasteiger partial charge in [-0.1, -0.05) is 55.5 Å². The van der Waals surface area contributed by atoms with E-state index in [0.717, 1.165) is 38.4 Å². The number of nitrogens with zero attached hydrogens (tertiary/aromatic N) is 1. The average molecular weight is 398 g/mol. The number of benzene rings is 2. The Balaban J connectivity index is 1.83. The van der Waals surface area contributed by atoms with Crippen LogP contribution in [0.15, 0.2) is 54.6 Å². The van der Waals surface area contributed by atoms with Crippen molar-refractivity contribution in [3.05, 3.63) is 65.7 Å². The maximum atomic E-state index is 10.1. The van der Waals surface area contributed by atoms with Crippen molar-refractivity contribution in [3.8, 4) is 5.75 Å². The Hall–Kier alpha value is -1.88. The van der Waals surface area contributed by atoms with Gasteiger partial charge in [-0.25, -0.2) is 0 Å². The first-order chi connectivity index (χ1) is 14.1. The third-order valence-corrected chi connectivity index (χ3v) is 5.73. The molecule has 2 aromatic carbocycles. The van der Waals surface area contributed by atoms with E-state index in [0.29, 0.717) is 6.61 Å². The van der Waals surface area contributed by atoms with Crippen LogP contribution in [0.3, 0.4) is 0 Å². The van der Waals surface area contributed by atoms with E-state index in [4.69, 9.17) is 9.47 Å². The molecule has 1 saturated heterocycles. The summed E-state index contributed by atoms with van der Waals surface area (Å²) in [5.74, 6) is 1.38. The molecule has 0 aromatic heterocycles. The summed E-state index contributed by atoms with van der Waals surface area (Å²) in [4.78, 5) is 2.48. The summed E-state index contributed by atoms with van der Waals surface area (Å²) >= 11 is 0. The van der Waals surface area contributed by atoms with Gasteiger partial charge in [0.15, 0.2) is 0 Å². The molecule has 0 saturated carbocycles. The molecule has 1 aliphatic rings. The van der Waals surface area contributed by atoms with Crippen molar-refractivity contribution in [2.24, 2.45) is 5.92 Å². The Morgan fingerprint density at radius 3 is 2.55 bits per heavy atom. The Labute approximate surface area is 175 Å². The van der Waals surface area contributed by atoms with Gasteiger partial charge in [-0.15, -0.1) is 0 Å². The van der Waals surface area contributed by atoms with Crippen molar-refractivity contribution in [3.63, 3.8) is 0 Å². The topological polar surface area (TPSA) is 41.9 Å². The standard InChI is InChI=1S/C25H35NO3/c1-4-28-23-13-9-8-12-22(23)25(19(2)16-20(3)27)24-18-26(14-15-29-24)17-21-10-6-5-7-11-21/h5-13,19-20,24-25,27H,4,14-18H2,1-3H3. The van der Waals surface area contributed by atoms with Crippen LogP contribution in [0, 0.1) is 5.92 Å². The first-order valence-corrected chi connectivity index (χ1v) is 10.9. The minimum Gasteiger partial charge on any atom is -0.494 e. The van der Waals surface area contributed by atoms with Gasteiger partial charge in [-0.05, 0) is 37.8 Å². The predicted molar refractivity (Wildman–Crippen MR) is 117 cm³/mol. The maximum Gasteiger partial charge on any atom is 0.122 e. The van der Waals surface area contributed by atoms with Crippen molar-refractivity contribution < 1.29 is 14.6 Å². The fraction of sp³-hybridized carbons (Fsp3) is 0.520. The lowest BCUT2D eigenvalue weighted by Crippen LogP contribution is -2.46. The fourth-order valence-electron chi connectivity index (χ4n) is 4.53. The zero-order chi connectivity index (χ0) is 20.6. The van der Waals surface area contributed by atoms with Crippen LogP contribution in [-0.4, -0.2) is 48.5 Å². The Morgan fingerprint density at radius 1 is 1.10 bits per heavy atom. The number of rotatable bonds is 9. The van der Waals surface area contributed by atoms with Crippen molar-refractivity contribution in [1.82, 2.24) is 4.90 Å². The summed E-state index contributed by atoms with van der Waals surface area (Å²) < 4.78 is 12.3. The molecule has 0 amide bonds. The van der Waals surface area contributed by atoms with E-state index in [1.54, 1.807) is 0 Å². The molecular weight excluding hydrogens is 362 g/mol. The summed E-state index contributed by atoms with van der Waals surface area (Å²) in [5, 5.41) is 10.1. The SMILES string of the molecule is CCOc1ccccc1C(C(C)CC(C)O)C1CN(Cc2ccccc2)CCO1. The van der Waals surface area contributed by atoms with E-state index >= 15 is 0 Å². The number of aliphatic hydroxyl groups excluding tert-OH is 1. The molecule has 0 spiro atoms. The molecule has 4 nitrogen and oxygen atoms in total. The third kappa shape index (κ3) is 6.05. The minimum atomic E-state index is -0.337. The van der Waals surface area contributed by atoms with Gasteiger partial charge < -0.3 is 14.6 Å². The average Bonchev–Trinajstić information content (AvgIpc) is 2.70. The number of morpholine rings is 1. The molecule has 2 aromatic rings. The van der Waals surface area contributed by atoms with Crippen molar-refractivity contribution >= 4 is 0 Å². The summed E-state index contributed by atoms with van der Waals surface area (Å²) in [5.41, 5.74) is 2.52. The Bertz CT molecular complexity index is 734. The van der Waals surface area contributed by atoms with E-state index in [2.05, 4.69) is 54.3 Å². The van der Waals surface area contributed by atoms with Gasteiger partial charge in [0.05, 0.1) is 25.4 Å². The minimum absolute atomic E-state index is 0.0721. The molecule has 1 N–H and O–H groups in total. The highest BCUT2D eigenvalue weighted by Gasteiger charge is 2.35. The van der Waals surface area contributed by atoms with Crippen LogP contribution >= 0.6 is 0 Å². The number of hydrogen-bond acceptors (Lipinski definition) is 4. The largest absolute Gasteiger partial charge is 0.494 e. The molecule has 0 radical (unpaired) electrons. The monoisotopic (exact) mass is 397 g/mol. The molecular formula is C25H35NO3. The summed E-state index contributed by atoms with van der Waals surface area (Å²) in [6, 6.07) is 18.9. The van der Waals surface area contributed by atoms with E-state index in [1.807, 2.05) is 26.0 Å². The van der Waals surface area contributed by atoms with Gasteiger partial charge in [-0.2, -0.15) is 0 Å². The molecule has 1 heterocycles. The van der Waals surface area contributed by atoms with Gasteiger partial charge in [0.2, 0.25) is 0 Å². The van der Waals surface area contributed by atoms with Crippen LogP contribution in [0.25, 0.3) is 0 Å². The van der Waals surface area contributed by atoms with Crippen molar-refractivity contribution in [1.29, 1.82) is 0 Å². The smallest absolute Gasteiger partial charge is 0.122 e. The molecule has 4 heteroatoms. The number of ether oxygens (including phenoxy) is 2. The summed E-state index contributed by atoms with van der Waals surface area (Å²) in [7, 11) is 0. The van der Waals surface area contributed by atoms with Crippen LogP contribution < -0.4 is 4.74 Å². The van der Waals surface area contributed by atoms with Gasteiger partial charge in [-0.3, -0.25) is 4.90 Å². The van der Waals surface area contributed by atoms with Crippen molar-refractivity contribution in [2.75, 3.05) is 26.3 Å². The maximum absolute atomic E-state index is 10.1. The molecule has 1 aliphatic heterocycles. The normalized spacial score (nSPS) is 20.8. The van der Waals surface area contributed by atoms with Crippen LogP contribution in [0.2, 0.25) is 0 Å². The van der Waals surface area contributed by atoms with Crippen LogP contribution in [0.1, 0.15) is 44.2 Å². The number of para-hydroxylation sites is 1. The van der Waals surface area contributed by atoms with E-state index in [9.17, 15) is 5.11 Å². The molecule has 4 atom stereocenters. The molecule has 1 fully saturated rings. The zero-order valence-corrected chi connectivity index (χ0v) is 18.0. The molecule has 4 unspecified atom stereocenters. The van der Waals surface area contributed by atoms with Gasteiger partial charge >= 0.3 is 0 Å². The Kier molecular flexibility index (Phi) is 8.10. The van der Waals surface area contributed by atoms with Crippen LogP contribution in [0.4, 0.5) is 0 Å². The molecule has 0 bridgehead atoms. The Morgan fingerprint density at radius 2 is 1.83 bits per heavy atom. The molecule has 0 aliphatic carbocycles. The molecule has 3 rings (SSSR count). The second-order valence-corrected chi connectivity index (χ2v) is 8.19. The van der Waals surface area contributed by atoms with E-state index in [1.165, 1.54) is 11.1 Å². The summed E-state index contributed by atoms with van der Waals surface area (Å²) in [6.07, 6.45) is 0.475. The van der Waals surface area contributed by atoms with Crippen LogP contribution in [-0.2, 0) is 11.3 Å². The predicted octanol–water partition coefficient (Wildman–Crippen LogP) is 4.48. The van der Waals surface area contributed by atoms with E-state index in [-0.39, 0.29) is 24.0 Å². The third-order valence-electron chi connectivity index (χ3n) is 5.73. The quantitative estimate of drug-likeness (QED) is 0.678. The van der Waals surface area contributed by atoms with Crippen molar-refractivity contribution in [2.45, 2.75) is 51.9 Å². The lowest BCUT2D eigenvalue weighted by molar-refractivity contribution is -0.0555. The number of hydrogen-bond donors (Lipinski definition) is 1. The highest BCUT2D eigenvalue weighted by atomic mass is 16.5. The van der Waals surface area contributed by atoms with E-state index < -0.39 is 0 Å². The second-order valence-electron chi connectivity index (χ2n) is 8.19. The highest BCUT2D eigenvalue weighted by Crippen LogP contribution is 2.39. The van der Waals surface area contributed by atoms with Crippen LogP contribution in [0.5, 0.6) is 5.75 Å². The highest BCUT2D eigenvalue weighted by molar-refractivity contribution is 5.37. The summed E-state index contributed by atoms with van der Waals surface area (Å²) in [6.45, 7) is 10.2.